The maximum atomic E-state index is 13.4. The Balaban J connectivity index is 1.41. The molecule has 3 heterocycles. The average molecular weight is 433 g/mol. The van der Waals surface area contributed by atoms with Crippen molar-refractivity contribution in [2.75, 3.05) is 17.7 Å². The quantitative estimate of drug-likeness (QED) is 0.693. The van der Waals surface area contributed by atoms with E-state index in [1.165, 1.54) is 7.11 Å². The van der Waals surface area contributed by atoms with Crippen molar-refractivity contribution < 1.29 is 22.7 Å². The maximum absolute atomic E-state index is 13.4. The first-order valence-corrected chi connectivity index (χ1v) is 10.3. The van der Waals surface area contributed by atoms with Crippen LogP contribution in [0.25, 0.3) is 0 Å². The lowest BCUT2D eigenvalue weighted by molar-refractivity contribution is -0.137. The number of rotatable bonds is 4. The number of ether oxygens (including phenoxy) is 1. The summed E-state index contributed by atoms with van der Waals surface area (Å²) < 4.78 is 45.0. The van der Waals surface area contributed by atoms with Crippen LogP contribution in [0.2, 0.25) is 0 Å². The van der Waals surface area contributed by atoms with E-state index in [1.807, 2.05) is 18.2 Å². The molecule has 1 aromatic carbocycles. The Hall–Kier alpha value is -3.04. The van der Waals surface area contributed by atoms with Crippen molar-refractivity contribution in [3.8, 4) is 0 Å². The number of nitrogens with one attached hydrogen (secondary N) is 2. The molecule has 2 N–H and O–H groups in total. The number of halogens is 3. The van der Waals surface area contributed by atoms with E-state index in [0.29, 0.717) is 5.69 Å². The highest BCUT2D eigenvalue weighted by molar-refractivity contribution is 5.72. The van der Waals surface area contributed by atoms with Gasteiger partial charge in [-0.25, -0.2) is 9.78 Å². The van der Waals surface area contributed by atoms with Crippen LogP contribution in [0.5, 0.6) is 0 Å². The van der Waals surface area contributed by atoms with Gasteiger partial charge in [0, 0.05) is 17.9 Å². The van der Waals surface area contributed by atoms with Crippen LogP contribution in [0.4, 0.5) is 35.4 Å². The first-order chi connectivity index (χ1) is 14.8. The minimum absolute atomic E-state index is 0.00194. The minimum Gasteiger partial charge on any atom is -0.453 e. The summed E-state index contributed by atoms with van der Waals surface area (Å²) >= 11 is 0. The van der Waals surface area contributed by atoms with Gasteiger partial charge in [-0.3, -0.25) is 4.90 Å². The molecule has 0 radical (unpaired) electrons. The highest BCUT2D eigenvalue weighted by Crippen LogP contribution is 2.53. The third kappa shape index (κ3) is 3.43. The molecular weight excluding hydrogens is 411 g/mol. The third-order valence-corrected chi connectivity index (χ3v) is 6.37. The molecule has 5 rings (SSSR count). The van der Waals surface area contributed by atoms with Gasteiger partial charge >= 0.3 is 12.3 Å². The Kier molecular flexibility index (Phi) is 4.67. The summed E-state index contributed by atoms with van der Waals surface area (Å²) in [5.74, 6) is -0.116. The summed E-state index contributed by atoms with van der Waals surface area (Å²) in [6.07, 6.45) is 0.313. The van der Waals surface area contributed by atoms with Gasteiger partial charge in [0.15, 0.2) is 0 Å². The molecule has 1 saturated heterocycles. The van der Waals surface area contributed by atoms with Crippen LogP contribution in [0.3, 0.4) is 0 Å². The zero-order valence-corrected chi connectivity index (χ0v) is 16.9. The van der Waals surface area contributed by atoms with E-state index in [9.17, 15) is 18.0 Å². The Morgan fingerprint density at radius 1 is 1.16 bits per heavy atom. The summed E-state index contributed by atoms with van der Waals surface area (Å²) in [7, 11) is 1.37. The van der Waals surface area contributed by atoms with Gasteiger partial charge < -0.3 is 15.4 Å². The van der Waals surface area contributed by atoms with Gasteiger partial charge in [0.1, 0.15) is 11.4 Å². The summed E-state index contributed by atoms with van der Waals surface area (Å²) in [5.41, 5.74) is 1.88. The van der Waals surface area contributed by atoms with Crippen molar-refractivity contribution in [2.45, 2.75) is 56.4 Å². The van der Waals surface area contributed by atoms with Crippen LogP contribution in [-0.2, 0) is 10.9 Å². The molecule has 2 fully saturated rings. The molecule has 0 spiro atoms. The van der Waals surface area contributed by atoms with Crippen molar-refractivity contribution in [1.82, 2.24) is 14.9 Å². The van der Waals surface area contributed by atoms with E-state index in [-0.39, 0.29) is 36.0 Å². The number of alkyl halides is 3. The molecule has 1 aliphatic carbocycles. The number of carbonyl (C=O) groups excluding carboxylic acids is 1. The van der Waals surface area contributed by atoms with E-state index in [2.05, 4.69) is 20.6 Å². The van der Waals surface area contributed by atoms with E-state index in [0.717, 1.165) is 49.4 Å². The average Bonchev–Trinajstić information content (AvgIpc) is 3.26. The number of methoxy groups -OCH3 is 1. The molecule has 31 heavy (non-hydrogen) atoms. The molecule has 3 aliphatic rings. The van der Waals surface area contributed by atoms with Crippen molar-refractivity contribution in [3.05, 3.63) is 41.1 Å². The summed E-state index contributed by atoms with van der Waals surface area (Å²) in [6.45, 7) is 0. The zero-order chi connectivity index (χ0) is 21.8. The van der Waals surface area contributed by atoms with E-state index >= 15 is 0 Å². The summed E-state index contributed by atoms with van der Waals surface area (Å²) in [5, 5.41) is 5.91. The molecule has 1 aromatic heterocycles. The first-order valence-electron chi connectivity index (χ1n) is 10.3. The standard InChI is InChI=1S/C21H22F3N5O2/c1-31-20(30)29-16-7-8-17(29)14-9-12(5-6-13(14)16)27-19-25-10-15(21(22,23)24)18(28-19)26-11-3-2-4-11/h5-6,9-11,16-17H,2-4,7-8H2,1H3,(H2,25,26,27,28)/t16-,17+/m0/s1. The number of anilines is 3. The number of aromatic nitrogens is 2. The molecule has 164 valence electrons. The lowest BCUT2D eigenvalue weighted by Gasteiger charge is -2.28. The fourth-order valence-corrected chi connectivity index (χ4v) is 4.66. The maximum Gasteiger partial charge on any atom is 0.421 e. The third-order valence-electron chi connectivity index (χ3n) is 6.37. The van der Waals surface area contributed by atoms with Crippen molar-refractivity contribution in [3.63, 3.8) is 0 Å². The lowest BCUT2D eigenvalue weighted by Crippen LogP contribution is -2.29. The molecule has 2 aromatic rings. The minimum atomic E-state index is -4.53. The fraction of sp³-hybridized carbons (Fsp3) is 0.476. The molecule has 10 heteroatoms. The van der Waals surface area contributed by atoms with Gasteiger partial charge in [0.25, 0.3) is 0 Å². The number of nitrogens with zero attached hydrogens (tertiary/aromatic N) is 3. The summed E-state index contributed by atoms with van der Waals surface area (Å²) in [4.78, 5) is 21.9. The highest BCUT2D eigenvalue weighted by Gasteiger charge is 2.47. The van der Waals surface area contributed by atoms with Crippen LogP contribution in [0.1, 0.15) is 60.9 Å². The fourth-order valence-electron chi connectivity index (χ4n) is 4.66. The van der Waals surface area contributed by atoms with Crippen LogP contribution >= 0.6 is 0 Å². The Morgan fingerprint density at radius 3 is 2.55 bits per heavy atom. The van der Waals surface area contributed by atoms with Gasteiger partial charge in [-0.2, -0.15) is 18.2 Å². The molecule has 2 aliphatic heterocycles. The molecular formula is C21H22F3N5O2. The predicted molar refractivity (Wildman–Crippen MR) is 107 cm³/mol. The summed E-state index contributed by atoms with van der Waals surface area (Å²) in [6, 6.07) is 5.63. The van der Waals surface area contributed by atoms with Crippen LogP contribution in [0.15, 0.2) is 24.4 Å². The Labute approximate surface area is 177 Å². The zero-order valence-electron chi connectivity index (χ0n) is 16.9. The number of hydrogen-bond donors (Lipinski definition) is 2. The van der Waals surface area contributed by atoms with Crippen molar-refractivity contribution in [2.24, 2.45) is 0 Å². The van der Waals surface area contributed by atoms with Gasteiger partial charge in [0.2, 0.25) is 5.95 Å². The largest absolute Gasteiger partial charge is 0.453 e. The molecule has 2 atom stereocenters. The second-order valence-electron chi connectivity index (χ2n) is 8.18. The van der Waals surface area contributed by atoms with Crippen LogP contribution in [0, 0.1) is 0 Å². The van der Waals surface area contributed by atoms with Gasteiger partial charge in [0.05, 0.1) is 19.2 Å². The van der Waals surface area contributed by atoms with Crippen molar-refractivity contribution >= 4 is 23.5 Å². The van der Waals surface area contributed by atoms with E-state index in [1.54, 1.807) is 4.90 Å². The lowest BCUT2D eigenvalue weighted by atomic mass is 9.91. The molecule has 2 bridgehead atoms. The first kappa shape index (κ1) is 19.9. The Morgan fingerprint density at radius 2 is 1.90 bits per heavy atom. The highest BCUT2D eigenvalue weighted by atomic mass is 19.4. The van der Waals surface area contributed by atoms with Gasteiger partial charge in [-0.05, 0) is 55.4 Å². The van der Waals surface area contributed by atoms with Gasteiger partial charge in [-0.1, -0.05) is 6.07 Å². The van der Waals surface area contributed by atoms with Crippen LogP contribution < -0.4 is 10.6 Å². The smallest absolute Gasteiger partial charge is 0.421 e. The molecule has 0 unspecified atom stereocenters. The second-order valence-corrected chi connectivity index (χ2v) is 8.18. The predicted octanol–water partition coefficient (Wildman–Crippen LogP) is 5.16. The van der Waals surface area contributed by atoms with Gasteiger partial charge in [-0.15, -0.1) is 0 Å². The number of carbonyl (C=O) groups is 1. The topological polar surface area (TPSA) is 79.4 Å². The van der Waals surface area contributed by atoms with E-state index in [4.69, 9.17) is 4.74 Å². The number of hydrogen-bond acceptors (Lipinski definition) is 6. The second kappa shape index (κ2) is 7.28. The van der Waals surface area contributed by atoms with Crippen LogP contribution in [-0.4, -0.2) is 34.1 Å². The van der Waals surface area contributed by atoms with E-state index < -0.39 is 11.7 Å². The molecule has 7 nitrogen and oxygen atoms in total. The molecule has 1 saturated carbocycles. The number of fused-ring (bicyclic) bond motifs is 5. The number of amides is 1. The Bertz CT molecular complexity index is 1020. The monoisotopic (exact) mass is 433 g/mol. The number of benzene rings is 1. The SMILES string of the molecule is COC(=O)N1[C@@H]2CC[C@H]1c1ccc(Nc3ncc(C(F)(F)F)c(NC4CCC4)n3)cc12. The normalized spacial score (nSPS) is 22.1. The molecule has 1 amide bonds. The van der Waals surface area contributed by atoms with Crippen molar-refractivity contribution in [1.29, 1.82) is 0 Å².